The summed E-state index contributed by atoms with van der Waals surface area (Å²) in [6, 6.07) is 7.85. The van der Waals surface area contributed by atoms with Crippen molar-refractivity contribution in [2.45, 2.75) is 25.0 Å². The Morgan fingerprint density at radius 3 is 2.93 bits per heavy atom. The van der Waals surface area contributed by atoms with Crippen LogP contribution in [0.5, 0.6) is 5.75 Å². The number of nitrogens with one attached hydrogen (secondary N) is 1. The van der Waals surface area contributed by atoms with Gasteiger partial charge in [-0.05, 0) is 37.6 Å². The molecule has 3 nitrogen and oxygen atoms in total. The summed E-state index contributed by atoms with van der Waals surface area (Å²) in [5.74, 6) is 0.828. The molecule has 2 unspecified atom stereocenters. The minimum Gasteiger partial charge on any atom is -0.497 e. The first-order valence-corrected chi connectivity index (χ1v) is 5.24. The van der Waals surface area contributed by atoms with E-state index >= 15 is 0 Å². The Kier molecular flexibility index (Phi) is 2.67. The van der Waals surface area contributed by atoms with E-state index in [2.05, 4.69) is 5.32 Å². The SMILES string of the molecule is COc1cccc(C2(C)NCCC2O)c1. The van der Waals surface area contributed by atoms with Crippen molar-refractivity contribution >= 4 is 0 Å². The zero-order chi connectivity index (χ0) is 10.9. The van der Waals surface area contributed by atoms with E-state index in [9.17, 15) is 5.11 Å². The van der Waals surface area contributed by atoms with Gasteiger partial charge in [-0.1, -0.05) is 12.1 Å². The Hall–Kier alpha value is -1.06. The number of ether oxygens (including phenoxy) is 1. The zero-order valence-corrected chi connectivity index (χ0v) is 9.16. The van der Waals surface area contributed by atoms with Crippen LogP contribution in [-0.2, 0) is 5.54 Å². The fourth-order valence-electron chi connectivity index (χ4n) is 2.12. The zero-order valence-electron chi connectivity index (χ0n) is 9.16. The first kappa shape index (κ1) is 10.5. The predicted octanol–water partition coefficient (Wildman–Crippen LogP) is 1.26. The van der Waals surface area contributed by atoms with Crippen molar-refractivity contribution in [3.63, 3.8) is 0 Å². The minimum atomic E-state index is -0.339. The van der Waals surface area contributed by atoms with E-state index in [4.69, 9.17) is 4.74 Å². The van der Waals surface area contributed by atoms with Gasteiger partial charge in [0.05, 0.1) is 18.8 Å². The maximum atomic E-state index is 9.96. The van der Waals surface area contributed by atoms with Crippen molar-refractivity contribution in [3.05, 3.63) is 29.8 Å². The summed E-state index contributed by atoms with van der Waals surface area (Å²) < 4.78 is 5.19. The maximum Gasteiger partial charge on any atom is 0.119 e. The molecule has 2 N–H and O–H groups in total. The van der Waals surface area contributed by atoms with Crippen LogP contribution in [-0.4, -0.2) is 24.9 Å². The Balaban J connectivity index is 2.35. The first-order chi connectivity index (χ1) is 7.16. The van der Waals surface area contributed by atoms with Crippen LogP contribution in [0, 0.1) is 0 Å². The summed E-state index contributed by atoms with van der Waals surface area (Å²) in [6.07, 6.45) is 0.470. The van der Waals surface area contributed by atoms with Crippen LogP contribution < -0.4 is 10.1 Å². The van der Waals surface area contributed by atoms with Gasteiger partial charge in [-0.15, -0.1) is 0 Å². The normalized spacial score (nSPS) is 30.5. The van der Waals surface area contributed by atoms with E-state index in [0.717, 1.165) is 24.3 Å². The lowest BCUT2D eigenvalue weighted by Crippen LogP contribution is -2.41. The second-order valence-electron chi connectivity index (χ2n) is 4.17. The van der Waals surface area contributed by atoms with Crippen LogP contribution >= 0.6 is 0 Å². The number of aliphatic hydroxyl groups is 1. The topological polar surface area (TPSA) is 41.5 Å². The number of hydrogen-bond donors (Lipinski definition) is 2. The molecule has 0 aliphatic carbocycles. The molecular formula is C12H17NO2. The largest absolute Gasteiger partial charge is 0.497 e. The Morgan fingerprint density at radius 1 is 1.53 bits per heavy atom. The third-order valence-electron chi connectivity index (χ3n) is 3.25. The van der Waals surface area contributed by atoms with Gasteiger partial charge < -0.3 is 15.2 Å². The molecule has 1 heterocycles. The number of hydrogen-bond acceptors (Lipinski definition) is 3. The highest BCUT2D eigenvalue weighted by atomic mass is 16.5. The van der Waals surface area contributed by atoms with Gasteiger partial charge in [0.1, 0.15) is 5.75 Å². The number of methoxy groups -OCH3 is 1. The molecule has 1 aromatic rings. The molecule has 2 atom stereocenters. The molecule has 1 fully saturated rings. The van der Waals surface area contributed by atoms with Gasteiger partial charge in [-0.25, -0.2) is 0 Å². The van der Waals surface area contributed by atoms with Crippen molar-refractivity contribution in [2.24, 2.45) is 0 Å². The Morgan fingerprint density at radius 2 is 2.33 bits per heavy atom. The molecular weight excluding hydrogens is 190 g/mol. The van der Waals surface area contributed by atoms with Crippen molar-refractivity contribution in [2.75, 3.05) is 13.7 Å². The van der Waals surface area contributed by atoms with Crippen molar-refractivity contribution in [3.8, 4) is 5.75 Å². The van der Waals surface area contributed by atoms with E-state index in [-0.39, 0.29) is 11.6 Å². The average Bonchev–Trinajstić information content (AvgIpc) is 2.61. The average molecular weight is 207 g/mol. The molecule has 1 saturated heterocycles. The van der Waals surface area contributed by atoms with Gasteiger partial charge in [0.2, 0.25) is 0 Å². The molecule has 0 saturated carbocycles. The quantitative estimate of drug-likeness (QED) is 0.767. The van der Waals surface area contributed by atoms with Crippen LogP contribution in [0.2, 0.25) is 0 Å². The fourth-order valence-corrected chi connectivity index (χ4v) is 2.12. The highest BCUT2D eigenvalue weighted by Gasteiger charge is 2.38. The standard InChI is InChI=1S/C12H17NO2/c1-12(11(14)6-7-13-12)9-4-3-5-10(8-9)15-2/h3-5,8,11,13-14H,6-7H2,1-2H3. The molecule has 0 aromatic heterocycles. The van der Waals surface area contributed by atoms with Crippen LogP contribution in [0.25, 0.3) is 0 Å². The summed E-state index contributed by atoms with van der Waals surface area (Å²) in [6.45, 7) is 2.88. The van der Waals surface area contributed by atoms with Crippen LogP contribution in [0.4, 0.5) is 0 Å². The van der Waals surface area contributed by atoms with E-state index in [1.54, 1.807) is 7.11 Å². The van der Waals surface area contributed by atoms with Gasteiger partial charge >= 0.3 is 0 Å². The number of rotatable bonds is 2. The highest BCUT2D eigenvalue weighted by molar-refractivity contribution is 5.34. The monoisotopic (exact) mass is 207 g/mol. The molecule has 3 heteroatoms. The van der Waals surface area contributed by atoms with Crippen molar-refractivity contribution < 1.29 is 9.84 Å². The van der Waals surface area contributed by atoms with Gasteiger partial charge in [0.15, 0.2) is 0 Å². The molecule has 0 bridgehead atoms. The molecule has 82 valence electrons. The fraction of sp³-hybridized carbons (Fsp3) is 0.500. The molecule has 0 spiro atoms. The maximum absolute atomic E-state index is 9.96. The number of aliphatic hydroxyl groups excluding tert-OH is 1. The molecule has 15 heavy (non-hydrogen) atoms. The summed E-state index contributed by atoms with van der Waals surface area (Å²) in [5.41, 5.74) is 0.737. The van der Waals surface area contributed by atoms with Gasteiger partial charge in [0, 0.05) is 0 Å². The summed E-state index contributed by atoms with van der Waals surface area (Å²) in [4.78, 5) is 0. The molecule has 2 rings (SSSR count). The molecule has 0 amide bonds. The predicted molar refractivity (Wildman–Crippen MR) is 59.0 cm³/mol. The summed E-state index contributed by atoms with van der Waals surface area (Å²) in [5, 5.41) is 13.3. The minimum absolute atomic E-state index is 0.329. The van der Waals surface area contributed by atoms with Crippen molar-refractivity contribution in [1.82, 2.24) is 5.32 Å². The lowest BCUT2D eigenvalue weighted by atomic mass is 9.88. The molecule has 1 aromatic carbocycles. The molecule has 1 aliphatic heterocycles. The van der Waals surface area contributed by atoms with Crippen LogP contribution in [0.15, 0.2) is 24.3 Å². The lowest BCUT2D eigenvalue weighted by molar-refractivity contribution is 0.107. The Bertz CT molecular complexity index is 353. The third-order valence-corrected chi connectivity index (χ3v) is 3.25. The summed E-state index contributed by atoms with van der Waals surface area (Å²) >= 11 is 0. The smallest absolute Gasteiger partial charge is 0.119 e. The molecule has 1 aliphatic rings. The Labute approximate surface area is 90.1 Å². The number of benzene rings is 1. The van der Waals surface area contributed by atoms with E-state index in [1.807, 2.05) is 31.2 Å². The molecule has 0 radical (unpaired) electrons. The van der Waals surface area contributed by atoms with Crippen LogP contribution in [0.3, 0.4) is 0 Å². The van der Waals surface area contributed by atoms with Gasteiger partial charge in [0.25, 0.3) is 0 Å². The summed E-state index contributed by atoms with van der Waals surface area (Å²) in [7, 11) is 1.65. The van der Waals surface area contributed by atoms with Crippen LogP contribution in [0.1, 0.15) is 18.9 Å². The van der Waals surface area contributed by atoms with E-state index in [0.29, 0.717) is 0 Å². The second kappa shape index (κ2) is 3.83. The lowest BCUT2D eigenvalue weighted by Gasteiger charge is -2.29. The van der Waals surface area contributed by atoms with E-state index < -0.39 is 0 Å². The van der Waals surface area contributed by atoms with Gasteiger partial charge in [-0.2, -0.15) is 0 Å². The third kappa shape index (κ3) is 1.73. The van der Waals surface area contributed by atoms with Crippen molar-refractivity contribution in [1.29, 1.82) is 0 Å². The first-order valence-electron chi connectivity index (χ1n) is 5.24. The highest BCUT2D eigenvalue weighted by Crippen LogP contribution is 2.32. The van der Waals surface area contributed by atoms with E-state index in [1.165, 1.54) is 0 Å². The second-order valence-corrected chi connectivity index (χ2v) is 4.17. The van der Waals surface area contributed by atoms with Gasteiger partial charge in [-0.3, -0.25) is 0 Å².